The average molecular weight is 298 g/mol. The van der Waals surface area contributed by atoms with Gasteiger partial charge in [0.2, 0.25) is 0 Å². The zero-order valence-electron chi connectivity index (χ0n) is 8.05. The third-order valence-corrected chi connectivity index (χ3v) is 1.96. The van der Waals surface area contributed by atoms with Crippen molar-refractivity contribution in [1.29, 1.82) is 0 Å². The fourth-order valence-corrected chi connectivity index (χ4v) is 1.06. The summed E-state index contributed by atoms with van der Waals surface area (Å²) in [7, 11) is 0. The normalized spacial score (nSPS) is 9.81. The fraction of sp³-hybridized carbons (Fsp3) is 0.111. The molecule has 0 aliphatic carbocycles. The summed E-state index contributed by atoms with van der Waals surface area (Å²) in [6.07, 6.45) is 1.24. The van der Waals surface area contributed by atoms with Crippen LogP contribution in [0.4, 0.5) is 13.2 Å². The number of benzene rings is 1. The van der Waals surface area contributed by atoms with Crippen molar-refractivity contribution in [2.45, 2.75) is 6.92 Å². The van der Waals surface area contributed by atoms with Crippen LogP contribution in [-0.2, 0) is 0 Å². The predicted molar refractivity (Wildman–Crippen MR) is 55.4 cm³/mol. The van der Waals surface area contributed by atoms with E-state index in [1.807, 2.05) is 0 Å². The number of rotatable bonds is 1. The molecule has 0 heterocycles. The number of nitrogens with zero attached hydrogens (tertiary/aromatic N) is 1. The van der Waals surface area contributed by atoms with Gasteiger partial charge in [-0.25, -0.2) is 13.2 Å². The van der Waals surface area contributed by atoms with E-state index in [1.54, 1.807) is 6.92 Å². The lowest BCUT2D eigenvalue weighted by Crippen LogP contribution is -1.98. The van der Waals surface area contributed by atoms with E-state index in [2.05, 4.69) is 21.1 Å². The molecule has 0 aromatic heterocycles. The van der Waals surface area contributed by atoms with Gasteiger partial charge in [0.1, 0.15) is 5.82 Å². The molecule has 0 aliphatic rings. The molecule has 16 heavy (non-hydrogen) atoms. The topological polar surface area (TPSA) is 49.7 Å². The van der Waals surface area contributed by atoms with Gasteiger partial charge in [-0.2, -0.15) is 0 Å². The van der Waals surface area contributed by atoms with Crippen LogP contribution < -0.4 is 0 Å². The zero-order valence-corrected chi connectivity index (χ0v) is 9.63. The zero-order chi connectivity index (χ0) is 12.7. The first-order valence-corrected chi connectivity index (χ1v) is 4.69. The van der Waals surface area contributed by atoms with Gasteiger partial charge >= 0.3 is 0 Å². The molecule has 0 aliphatic heterocycles. The Labute approximate surface area is 97.7 Å². The molecule has 0 saturated carbocycles. The van der Waals surface area contributed by atoms with Crippen LogP contribution in [0, 0.1) is 17.5 Å². The Bertz CT molecular complexity index is 406. The quantitative estimate of drug-likeness (QED) is 0.216. The standard InChI is InChI=1S/C7H2BrF3O.C2H5NO/c8-4-1-5(9)3(2-12)6(10)7(4)11;1-2-3-4/h1-2H;2,4H,1H3. The van der Waals surface area contributed by atoms with E-state index in [-0.39, 0.29) is 10.8 Å². The second-order valence-corrected chi connectivity index (χ2v) is 3.23. The number of oxime groups is 1. The summed E-state index contributed by atoms with van der Waals surface area (Å²) in [6, 6.07) is 0.697. The van der Waals surface area contributed by atoms with E-state index in [0.29, 0.717) is 6.07 Å². The molecule has 1 aromatic rings. The lowest BCUT2D eigenvalue weighted by Gasteiger charge is -1.99. The molecule has 0 amide bonds. The van der Waals surface area contributed by atoms with Gasteiger partial charge in [-0.05, 0) is 28.9 Å². The molecule has 0 bridgehead atoms. The van der Waals surface area contributed by atoms with Crippen molar-refractivity contribution in [2.75, 3.05) is 0 Å². The molecule has 0 atom stereocenters. The van der Waals surface area contributed by atoms with Crippen molar-refractivity contribution in [3.05, 3.63) is 33.6 Å². The first-order valence-electron chi connectivity index (χ1n) is 3.89. The number of halogens is 4. The van der Waals surface area contributed by atoms with Crippen LogP contribution in [0.5, 0.6) is 0 Å². The van der Waals surface area contributed by atoms with E-state index in [4.69, 9.17) is 5.21 Å². The number of carbonyl (C=O) groups excluding carboxylic acids is 1. The first-order chi connectivity index (χ1) is 7.49. The van der Waals surface area contributed by atoms with Crippen LogP contribution >= 0.6 is 15.9 Å². The van der Waals surface area contributed by atoms with Gasteiger partial charge in [0.05, 0.1) is 10.0 Å². The Balaban J connectivity index is 0.000000487. The maximum absolute atomic E-state index is 12.6. The smallest absolute Gasteiger partial charge is 0.173 e. The summed E-state index contributed by atoms with van der Waals surface area (Å²) >= 11 is 2.59. The summed E-state index contributed by atoms with van der Waals surface area (Å²) in [5.41, 5.74) is -0.893. The van der Waals surface area contributed by atoms with E-state index in [1.165, 1.54) is 6.21 Å². The van der Waals surface area contributed by atoms with E-state index in [9.17, 15) is 18.0 Å². The van der Waals surface area contributed by atoms with Crippen LogP contribution in [0.15, 0.2) is 15.7 Å². The molecule has 7 heteroatoms. The number of hydrogen-bond acceptors (Lipinski definition) is 3. The van der Waals surface area contributed by atoms with Crippen LogP contribution in [0.25, 0.3) is 0 Å². The number of hydrogen-bond donors (Lipinski definition) is 1. The monoisotopic (exact) mass is 297 g/mol. The third-order valence-electron chi connectivity index (χ3n) is 1.38. The number of aldehydes is 1. The predicted octanol–water partition coefficient (Wildman–Crippen LogP) is 3.15. The Morgan fingerprint density at radius 1 is 1.38 bits per heavy atom. The van der Waals surface area contributed by atoms with Gasteiger partial charge in [-0.3, -0.25) is 4.79 Å². The van der Waals surface area contributed by atoms with Crippen molar-refractivity contribution >= 4 is 28.4 Å². The molecule has 0 spiro atoms. The molecule has 1 rings (SSSR count). The maximum Gasteiger partial charge on any atom is 0.173 e. The molecule has 3 nitrogen and oxygen atoms in total. The SMILES string of the molecule is CC=NO.O=Cc1c(F)cc(Br)c(F)c1F. The first kappa shape index (κ1) is 14.6. The highest BCUT2D eigenvalue weighted by Gasteiger charge is 2.16. The highest BCUT2D eigenvalue weighted by molar-refractivity contribution is 9.10. The Morgan fingerprint density at radius 2 is 1.88 bits per heavy atom. The molecule has 0 unspecified atom stereocenters. The Kier molecular flexibility index (Phi) is 6.40. The van der Waals surface area contributed by atoms with Crippen molar-refractivity contribution in [3.63, 3.8) is 0 Å². The molecule has 0 fully saturated rings. The van der Waals surface area contributed by atoms with Gasteiger partial charge in [-0.1, -0.05) is 0 Å². The van der Waals surface area contributed by atoms with Gasteiger partial charge in [0.25, 0.3) is 0 Å². The molecule has 0 radical (unpaired) electrons. The van der Waals surface area contributed by atoms with Crippen LogP contribution in [-0.4, -0.2) is 17.7 Å². The van der Waals surface area contributed by atoms with Gasteiger partial charge < -0.3 is 5.21 Å². The minimum absolute atomic E-state index is 0.0693. The summed E-state index contributed by atoms with van der Waals surface area (Å²) in [6.45, 7) is 1.64. The highest BCUT2D eigenvalue weighted by atomic mass is 79.9. The summed E-state index contributed by atoms with van der Waals surface area (Å²) in [5.74, 6) is -3.83. The van der Waals surface area contributed by atoms with Gasteiger partial charge in [0.15, 0.2) is 17.9 Å². The fourth-order valence-electron chi connectivity index (χ4n) is 0.688. The second-order valence-electron chi connectivity index (χ2n) is 2.37. The van der Waals surface area contributed by atoms with Gasteiger partial charge in [0, 0.05) is 6.21 Å². The molecular weight excluding hydrogens is 291 g/mol. The average Bonchev–Trinajstić information content (AvgIpc) is 2.27. The Hall–Kier alpha value is -1.37. The Morgan fingerprint density at radius 3 is 2.25 bits per heavy atom. The molecule has 1 N–H and O–H groups in total. The summed E-state index contributed by atoms with van der Waals surface area (Å²) in [5, 5.41) is 10.1. The van der Waals surface area contributed by atoms with Crippen molar-refractivity contribution in [1.82, 2.24) is 0 Å². The van der Waals surface area contributed by atoms with E-state index in [0.717, 1.165) is 0 Å². The van der Waals surface area contributed by atoms with Crippen molar-refractivity contribution in [3.8, 4) is 0 Å². The van der Waals surface area contributed by atoms with Crippen LogP contribution in [0.3, 0.4) is 0 Å². The van der Waals surface area contributed by atoms with Crippen molar-refractivity contribution in [2.24, 2.45) is 5.16 Å². The minimum atomic E-state index is -1.48. The lowest BCUT2D eigenvalue weighted by atomic mass is 10.2. The second kappa shape index (κ2) is 7.00. The lowest BCUT2D eigenvalue weighted by molar-refractivity contribution is 0.111. The van der Waals surface area contributed by atoms with Crippen LogP contribution in [0.2, 0.25) is 0 Å². The summed E-state index contributed by atoms with van der Waals surface area (Å²) < 4.78 is 37.5. The largest absolute Gasteiger partial charge is 0.411 e. The maximum atomic E-state index is 12.6. The van der Waals surface area contributed by atoms with E-state index >= 15 is 0 Å². The molecule has 1 aromatic carbocycles. The highest BCUT2D eigenvalue weighted by Crippen LogP contribution is 2.22. The minimum Gasteiger partial charge on any atom is -0.411 e. The van der Waals surface area contributed by atoms with Gasteiger partial charge in [-0.15, -0.1) is 5.16 Å². The molecule has 88 valence electrons. The number of carbonyl (C=O) groups is 1. The third kappa shape index (κ3) is 3.65. The van der Waals surface area contributed by atoms with Crippen LogP contribution in [0.1, 0.15) is 17.3 Å². The van der Waals surface area contributed by atoms with E-state index < -0.39 is 23.0 Å². The van der Waals surface area contributed by atoms with Crippen molar-refractivity contribution < 1.29 is 23.2 Å². The molecule has 0 saturated heterocycles. The summed E-state index contributed by atoms with van der Waals surface area (Å²) in [4.78, 5) is 10.0. The molecular formula is C9H7BrF3NO2.